The highest BCUT2D eigenvalue weighted by Gasteiger charge is 2.27. The Hall–Kier alpha value is -0.610. The van der Waals surface area contributed by atoms with E-state index < -0.39 is 0 Å². The van der Waals surface area contributed by atoms with Gasteiger partial charge in [-0.2, -0.15) is 0 Å². The number of piperidine rings is 1. The van der Waals surface area contributed by atoms with E-state index in [1.54, 1.807) is 7.11 Å². The fraction of sp³-hybridized carbons (Fsp3) is 0.909. The molecule has 1 fully saturated rings. The van der Waals surface area contributed by atoms with E-state index in [0.29, 0.717) is 6.54 Å². The van der Waals surface area contributed by atoms with Gasteiger partial charge in [-0.3, -0.25) is 4.79 Å². The maximum Gasteiger partial charge on any atom is 0.227 e. The van der Waals surface area contributed by atoms with Gasteiger partial charge in [-0.15, -0.1) is 0 Å². The van der Waals surface area contributed by atoms with Crippen molar-refractivity contribution in [3.8, 4) is 0 Å². The number of hydrogen-bond acceptors (Lipinski definition) is 3. The molecule has 0 aliphatic carbocycles. The van der Waals surface area contributed by atoms with Crippen molar-refractivity contribution in [2.24, 2.45) is 11.7 Å². The summed E-state index contributed by atoms with van der Waals surface area (Å²) in [5.74, 6) is 0.183. The van der Waals surface area contributed by atoms with Crippen LogP contribution in [-0.2, 0) is 9.53 Å². The van der Waals surface area contributed by atoms with Crippen LogP contribution in [0.25, 0.3) is 0 Å². The van der Waals surface area contributed by atoms with Crippen molar-refractivity contribution in [3.63, 3.8) is 0 Å². The van der Waals surface area contributed by atoms with Crippen molar-refractivity contribution in [1.29, 1.82) is 0 Å². The van der Waals surface area contributed by atoms with Crippen LogP contribution in [0.5, 0.6) is 0 Å². The molecule has 0 radical (unpaired) electrons. The lowest BCUT2D eigenvalue weighted by molar-refractivity contribution is -0.138. The Morgan fingerprint density at radius 3 is 2.93 bits per heavy atom. The molecule has 0 aromatic carbocycles. The minimum absolute atomic E-state index is 0.0133. The van der Waals surface area contributed by atoms with Gasteiger partial charge in [0.25, 0.3) is 0 Å². The van der Waals surface area contributed by atoms with Crippen LogP contribution in [0.15, 0.2) is 0 Å². The zero-order chi connectivity index (χ0) is 11.3. The van der Waals surface area contributed by atoms with Gasteiger partial charge in [-0.05, 0) is 19.3 Å². The molecule has 4 heteroatoms. The Balaban J connectivity index is 2.51. The first-order valence-electron chi connectivity index (χ1n) is 5.74. The lowest BCUT2D eigenvalue weighted by Gasteiger charge is -2.33. The molecule has 1 rings (SSSR count). The van der Waals surface area contributed by atoms with E-state index in [0.717, 1.165) is 32.4 Å². The second-order valence-corrected chi connectivity index (χ2v) is 4.13. The second kappa shape index (κ2) is 6.08. The summed E-state index contributed by atoms with van der Waals surface area (Å²) in [5, 5.41) is 0. The van der Waals surface area contributed by atoms with Crippen LogP contribution in [0.4, 0.5) is 0 Å². The van der Waals surface area contributed by atoms with Crippen molar-refractivity contribution in [1.82, 2.24) is 4.90 Å². The lowest BCUT2D eigenvalue weighted by Crippen LogP contribution is -2.46. The molecule has 0 saturated carbocycles. The normalized spacial score (nSPS) is 23.9. The average Bonchev–Trinajstić information content (AvgIpc) is 2.30. The molecular formula is C11H22N2O2. The molecule has 88 valence electrons. The van der Waals surface area contributed by atoms with Crippen LogP contribution in [0.2, 0.25) is 0 Å². The molecule has 0 aromatic heterocycles. The number of amides is 1. The topological polar surface area (TPSA) is 55.6 Å². The lowest BCUT2D eigenvalue weighted by atomic mass is 10.0. The number of carbonyl (C=O) groups excluding carboxylic acids is 1. The van der Waals surface area contributed by atoms with E-state index in [-0.39, 0.29) is 17.9 Å². The minimum atomic E-state index is -0.0133. The van der Waals surface area contributed by atoms with E-state index >= 15 is 0 Å². The number of rotatable bonds is 4. The molecule has 1 aliphatic rings. The summed E-state index contributed by atoms with van der Waals surface area (Å²) in [7, 11) is 1.71. The molecule has 1 saturated heterocycles. The van der Waals surface area contributed by atoms with Crippen LogP contribution in [-0.4, -0.2) is 43.7 Å². The predicted molar refractivity (Wildman–Crippen MR) is 59.4 cm³/mol. The van der Waals surface area contributed by atoms with Gasteiger partial charge in [-0.25, -0.2) is 0 Å². The molecule has 0 spiro atoms. The Kier molecular flexibility index (Phi) is 5.05. The summed E-state index contributed by atoms with van der Waals surface area (Å²) in [6, 6.07) is 0. The van der Waals surface area contributed by atoms with Gasteiger partial charge in [0.1, 0.15) is 0 Å². The number of nitrogens with two attached hydrogens (primary N) is 1. The van der Waals surface area contributed by atoms with Gasteiger partial charge in [0.05, 0.1) is 12.0 Å². The summed E-state index contributed by atoms with van der Waals surface area (Å²) in [6.07, 6.45) is 3.12. The summed E-state index contributed by atoms with van der Waals surface area (Å²) >= 11 is 0. The van der Waals surface area contributed by atoms with E-state index in [4.69, 9.17) is 10.5 Å². The summed E-state index contributed by atoms with van der Waals surface area (Å²) in [5.41, 5.74) is 5.58. The van der Waals surface area contributed by atoms with Crippen molar-refractivity contribution >= 4 is 5.91 Å². The number of methoxy groups -OCH3 is 1. The number of nitrogens with zero attached hydrogens (tertiary/aromatic N) is 1. The van der Waals surface area contributed by atoms with E-state index in [9.17, 15) is 4.79 Å². The van der Waals surface area contributed by atoms with Crippen molar-refractivity contribution in [3.05, 3.63) is 0 Å². The van der Waals surface area contributed by atoms with Crippen molar-refractivity contribution in [2.45, 2.75) is 32.3 Å². The summed E-state index contributed by atoms with van der Waals surface area (Å²) in [6.45, 7) is 4.04. The molecule has 2 atom stereocenters. The quantitative estimate of drug-likeness (QED) is 0.746. The highest BCUT2D eigenvalue weighted by atomic mass is 16.5. The van der Waals surface area contributed by atoms with E-state index in [1.165, 1.54) is 0 Å². The number of carbonyl (C=O) groups is 1. The van der Waals surface area contributed by atoms with Crippen LogP contribution in [0.1, 0.15) is 26.2 Å². The smallest absolute Gasteiger partial charge is 0.227 e. The summed E-state index contributed by atoms with van der Waals surface area (Å²) < 4.78 is 5.29. The fourth-order valence-corrected chi connectivity index (χ4v) is 2.03. The molecular weight excluding hydrogens is 192 g/mol. The molecule has 0 bridgehead atoms. The monoisotopic (exact) mass is 214 g/mol. The molecule has 1 amide bonds. The van der Waals surface area contributed by atoms with Crippen LogP contribution in [0.3, 0.4) is 0 Å². The molecule has 15 heavy (non-hydrogen) atoms. The van der Waals surface area contributed by atoms with E-state index in [2.05, 4.69) is 0 Å². The van der Waals surface area contributed by atoms with Gasteiger partial charge in [-0.1, -0.05) is 6.92 Å². The van der Waals surface area contributed by atoms with Gasteiger partial charge in [0.15, 0.2) is 0 Å². The Morgan fingerprint density at radius 1 is 1.67 bits per heavy atom. The zero-order valence-corrected chi connectivity index (χ0v) is 9.74. The predicted octanol–water partition coefficient (Wildman–Crippen LogP) is 0.609. The van der Waals surface area contributed by atoms with Gasteiger partial charge in [0.2, 0.25) is 5.91 Å². The number of likely N-dealkylation sites (tertiary alicyclic amines) is 1. The first kappa shape index (κ1) is 12.5. The SMILES string of the molecule is CCC(CN)C(=O)N1CCCC(OC)C1. The largest absolute Gasteiger partial charge is 0.380 e. The zero-order valence-electron chi connectivity index (χ0n) is 9.74. The fourth-order valence-electron chi connectivity index (χ4n) is 2.03. The third-order valence-corrected chi connectivity index (χ3v) is 3.15. The number of ether oxygens (including phenoxy) is 1. The first-order valence-corrected chi connectivity index (χ1v) is 5.74. The molecule has 1 heterocycles. The third kappa shape index (κ3) is 3.18. The maximum atomic E-state index is 12.0. The molecule has 2 N–H and O–H groups in total. The summed E-state index contributed by atoms with van der Waals surface area (Å²) in [4.78, 5) is 13.9. The second-order valence-electron chi connectivity index (χ2n) is 4.13. The van der Waals surface area contributed by atoms with Gasteiger partial charge in [0, 0.05) is 26.7 Å². The minimum Gasteiger partial charge on any atom is -0.380 e. The van der Waals surface area contributed by atoms with Gasteiger partial charge < -0.3 is 15.4 Å². The van der Waals surface area contributed by atoms with E-state index in [1.807, 2.05) is 11.8 Å². The number of hydrogen-bond donors (Lipinski definition) is 1. The van der Waals surface area contributed by atoms with Crippen molar-refractivity contribution in [2.75, 3.05) is 26.7 Å². The highest BCUT2D eigenvalue weighted by Crippen LogP contribution is 2.16. The van der Waals surface area contributed by atoms with Crippen LogP contribution in [0, 0.1) is 5.92 Å². The van der Waals surface area contributed by atoms with Crippen molar-refractivity contribution < 1.29 is 9.53 Å². The molecule has 4 nitrogen and oxygen atoms in total. The molecule has 2 unspecified atom stereocenters. The molecule has 1 aliphatic heterocycles. The van der Waals surface area contributed by atoms with Crippen LogP contribution >= 0.6 is 0 Å². The Morgan fingerprint density at radius 2 is 2.40 bits per heavy atom. The highest BCUT2D eigenvalue weighted by molar-refractivity contribution is 5.79. The standard InChI is InChI=1S/C11H22N2O2/c1-3-9(7-12)11(14)13-6-4-5-10(8-13)15-2/h9-10H,3-8,12H2,1-2H3. The third-order valence-electron chi connectivity index (χ3n) is 3.15. The Labute approximate surface area is 91.8 Å². The van der Waals surface area contributed by atoms with Crippen LogP contribution < -0.4 is 5.73 Å². The first-order chi connectivity index (χ1) is 7.22. The van der Waals surface area contributed by atoms with Gasteiger partial charge >= 0.3 is 0 Å². The average molecular weight is 214 g/mol. The Bertz CT molecular complexity index is 205. The maximum absolute atomic E-state index is 12.0. The molecule has 0 aromatic rings.